The Morgan fingerprint density at radius 2 is 1.91 bits per heavy atom. The maximum Gasteiger partial charge on any atom is 0.221 e. The van der Waals surface area contributed by atoms with Crippen molar-refractivity contribution < 1.29 is 4.79 Å². The maximum absolute atomic E-state index is 11.8. The molecule has 2 rings (SSSR count). The molecule has 0 saturated carbocycles. The molecule has 0 aliphatic heterocycles. The van der Waals surface area contributed by atoms with E-state index in [1.807, 2.05) is 49.4 Å². The normalized spacial score (nSPS) is 10.3. The van der Waals surface area contributed by atoms with E-state index in [0.717, 1.165) is 22.7 Å². The third-order valence-corrected chi connectivity index (χ3v) is 3.56. The largest absolute Gasteiger partial charge is 0.385 e. The fraction of sp³-hybridized carbons (Fsp3) is 0.278. The van der Waals surface area contributed by atoms with Crippen LogP contribution in [0.5, 0.6) is 0 Å². The van der Waals surface area contributed by atoms with Crippen LogP contribution in [0.2, 0.25) is 5.02 Å². The molecule has 0 saturated heterocycles. The first-order valence-corrected chi connectivity index (χ1v) is 7.83. The number of benzene rings is 2. The van der Waals surface area contributed by atoms with E-state index in [1.165, 1.54) is 5.56 Å². The molecule has 0 aliphatic carbocycles. The highest BCUT2D eigenvalue weighted by Crippen LogP contribution is 2.11. The Morgan fingerprint density at radius 1 is 1.09 bits per heavy atom. The lowest BCUT2D eigenvalue weighted by molar-refractivity contribution is -0.120. The highest BCUT2D eigenvalue weighted by molar-refractivity contribution is 6.30. The number of carbonyl (C=O) groups is 1. The molecular formula is C18H21ClN2O. The van der Waals surface area contributed by atoms with E-state index in [0.29, 0.717) is 19.5 Å². The van der Waals surface area contributed by atoms with Crippen molar-refractivity contribution in [3.8, 4) is 0 Å². The van der Waals surface area contributed by atoms with Crippen molar-refractivity contribution in [2.24, 2.45) is 0 Å². The summed E-state index contributed by atoms with van der Waals surface area (Å²) in [6.07, 6.45) is 1.25. The van der Waals surface area contributed by atoms with Crippen LogP contribution < -0.4 is 10.6 Å². The number of nitrogens with one attached hydrogen (secondary N) is 2. The number of carbonyl (C=O) groups excluding carboxylic acids is 1. The summed E-state index contributed by atoms with van der Waals surface area (Å²) in [7, 11) is 0. The van der Waals surface area contributed by atoms with Crippen LogP contribution in [-0.4, -0.2) is 19.0 Å². The second kappa shape index (κ2) is 8.44. The third-order valence-electron chi connectivity index (χ3n) is 3.32. The minimum Gasteiger partial charge on any atom is -0.385 e. The minimum atomic E-state index is 0.0576. The van der Waals surface area contributed by atoms with Crippen molar-refractivity contribution in [3.63, 3.8) is 0 Å². The molecular weight excluding hydrogens is 296 g/mol. The zero-order valence-corrected chi connectivity index (χ0v) is 13.5. The first-order valence-electron chi connectivity index (χ1n) is 7.45. The summed E-state index contributed by atoms with van der Waals surface area (Å²) < 4.78 is 0. The van der Waals surface area contributed by atoms with Gasteiger partial charge in [-0.3, -0.25) is 4.79 Å². The van der Waals surface area contributed by atoms with E-state index in [-0.39, 0.29) is 5.91 Å². The fourth-order valence-corrected chi connectivity index (χ4v) is 2.42. The Morgan fingerprint density at radius 3 is 2.68 bits per heavy atom. The molecule has 22 heavy (non-hydrogen) atoms. The molecule has 0 fully saturated rings. The highest BCUT2D eigenvalue weighted by Gasteiger charge is 2.01. The van der Waals surface area contributed by atoms with Crippen LogP contribution >= 0.6 is 11.6 Å². The number of rotatable bonds is 7. The molecule has 0 radical (unpaired) electrons. The fourth-order valence-electron chi connectivity index (χ4n) is 2.20. The van der Waals surface area contributed by atoms with Crippen molar-refractivity contribution in [1.82, 2.24) is 5.32 Å². The van der Waals surface area contributed by atoms with Gasteiger partial charge in [-0.2, -0.15) is 0 Å². The summed E-state index contributed by atoms with van der Waals surface area (Å²) in [6, 6.07) is 15.8. The van der Waals surface area contributed by atoms with Gasteiger partial charge in [-0.05, 0) is 48.7 Å². The van der Waals surface area contributed by atoms with Crippen molar-refractivity contribution in [2.45, 2.75) is 19.8 Å². The number of hydrogen-bond donors (Lipinski definition) is 2. The summed E-state index contributed by atoms with van der Waals surface area (Å²) in [5.41, 5.74) is 3.38. The molecule has 2 aromatic carbocycles. The third kappa shape index (κ3) is 5.78. The molecule has 0 bridgehead atoms. The minimum absolute atomic E-state index is 0.0576. The summed E-state index contributed by atoms with van der Waals surface area (Å²) in [5.74, 6) is 0.0576. The summed E-state index contributed by atoms with van der Waals surface area (Å²) in [4.78, 5) is 11.8. The first kappa shape index (κ1) is 16.4. The molecule has 2 aromatic rings. The Hall–Kier alpha value is -2.00. The van der Waals surface area contributed by atoms with Gasteiger partial charge in [-0.25, -0.2) is 0 Å². The lowest BCUT2D eigenvalue weighted by Crippen LogP contribution is -2.27. The molecule has 1 amide bonds. The van der Waals surface area contributed by atoms with Gasteiger partial charge in [0.1, 0.15) is 0 Å². The zero-order chi connectivity index (χ0) is 15.8. The second-order valence-electron chi connectivity index (χ2n) is 5.28. The predicted molar refractivity (Wildman–Crippen MR) is 92.5 cm³/mol. The maximum atomic E-state index is 11.8. The van der Waals surface area contributed by atoms with E-state index in [4.69, 9.17) is 11.6 Å². The van der Waals surface area contributed by atoms with Crippen LogP contribution in [0, 0.1) is 6.92 Å². The summed E-state index contributed by atoms with van der Waals surface area (Å²) in [5, 5.41) is 6.91. The number of halogens is 1. The predicted octanol–water partition coefficient (Wildman–Crippen LogP) is 3.81. The lowest BCUT2D eigenvalue weighted by Gasteiger charge is -2.08. The number of hydrogen-bond acceptors (Lipinski definition) is 2. The van der Waals surface area contributed by atoms with E-state index >= 15 is 0 Å². The quantitative estimate of drug-likeness (QED) is 0.815. The van der Waals surface area contributed by atoms with Gasteiger partial charge in [0.2, 0.25) is 5.91 Å². The van der Waals surface area contributed by atoms with Crippen LogP contribution in [0.1, 0.15) is 17.5 Å². The monoisotopic (exact) mass is 316 g/mol. The van der Waals surface area contributed by atoms with Crippen molar-refractivity contribution in [1.29, 1.82) is 0 Å². The van der Waals surface area contributed by atoms with Crippen LogP contribution in [0.15, 0.2) is 48.5 Å². The van der Waals surface area contributed by atoms with Crippen LogP contribution in [0.3, 0.4) is 0 Å². The summed E-state index contributed by atoms with van der Waals surface area (Å²) in [6.45, 7) is 3.31. The van der Waals surface area contributed by atoms with Crippen molar-refractivity contribution in [2.75, 3.05) is 18.4 Å². The van der Waals surface area contributed by atoms with Crippen molar-refractivity contribution in [3.05, 3.63) is 64.7 Å². The van der Waals surface area contributed by atoms with Gasteiger partial charge < -0.3 is 10.6 Å². The SMILES string of the molecule is Cc1cccc(NCCC(=O)NCCc2cccc(Cl)c2)c1. The molecule has 0 aliphatic rings. The summed E-state index contributed by atoms with van der Waals surface area (Å²) >= 11 is 5.93. The average molecular weight is 317 g/mol. The molecule has 4 heteroatoms. The molecule has 0 heterocycles. The second-order valence-corrected chi connectivity index (χ2v) is 5.71. The van der Waals surface area contributed by atoms with E-state index in [1.54, 1.807) is 0 Å². The molecule has 0 unspecified atom stereocenters. The van der Waals surface area contributed by atoms with E-state index < -0.39 is 0 Å². The average Bonchev–Trinajstić information content (AvgIpc) is 2.47. The molecule has 116 valence electrons. The van der Waals surface area contributed by atoms with Crippen LogP contribution in [0.4, 0.5) is 5.69 Å². The van der Waals surface area contributed by atoms with Gasteiger partial charge in [-0.1, -0.05) is 35.9 Å². The number of aryl methyl sites for hydroxylation is 1. The Kier molecular flexibility index (Phi) is 6.28. The van der Waals surface area contributed by atoms with Gasteiger partial charge in [0.25, 0.3) is 0 Å². The first-order chi connectivity index (χ1) is 10.6. The van der Waals surface area contributed by atoms with E-state index in [2.05, 4.69) is 16.7 Å². The molecule has 0 atom stereocenters. The van der Waals surface area contributed by atoms with Crippen LogP contribution in [0.25, 0.3) is 0 Å². The van der Waals surface area contributed by atoms with Gasteiger partial charge in [0.15, 0.2) is 0 Å². The number of anilines is 1. The van der Waals surface area contributed by atoms with Gasteiger partial charge in [-0.15, -0.1) is 0 Å². The van der Waals surface area contributed by atoms with Gasteiger partial charge in [0.05, 0.1) is 0 Å². The molecule has 3 nitrogen and oxygen atoms in total. The van der Waals surface area contributed by atoms with E-state index in [9.17, 15) is 4.79 Å². The number of amides is 1. The topological polar surface area (TPSA) is 41.1 Å². The smallest absolute Gasteiger partial charge is 0.221 e. The molecule has 0 aromatic heterocycles. The Bertz CT molecular complexity index is 574. The highest BCUT2D eigenvalue weighted by atomic mass is 35.5. The lowest BCUT2D eigenvalue weighted by atomic mass is 10.1. The van der Waals surface area contributed by atoms with Gasteiger partial charge >= 0.3 is 0 Å². The molecule has 0 spiro atoms. The van der Waals surface area contributed by atoms with Crippen molar-refractivity contribution >= 4 is 23.2 Å². The Labute approximate surface area is 136 Å². The molecule has 2 N–H and O–H groups in total. The zero-order valence-electron chi connectivity index (χ0n) is 12.7. The Balaban J connectivity index is 1.64. The van der Waals surface area contributed by atoms with Crippen LogP contribution in [-0.2, 0) is 11.2 Å². The van der Waals surface area contributed by atoms with Gasteiger partial charge in [0, 0.05) is 30.2 Å². The standard InChI is InChI=1S/C18H21ClN2O/c1-14-4-2-7-17(12-14)20-11-9-18(22)21-10-8-15-5-3-6-16(19)13-15/h2-7,12-13,20H,8-11H2,1H3,(H,21,22).